The van der Waals surface area contributed by atoms with Crippen molar-refractivity contribution in [1.82, 2.24) is 15.2 Å². The number of hydrogen-bond donors (Lipinski definition) is 2. The lowest BCUT2D eigenvalue weighted by molar-refractivity contribution is -0.124. The second-order valence-corrected chi connectivity index (χ2v) is 9.53. The van der Waals surface area contributed by atoms with Crippen LogP contribution in [0.2, 0.25) is 0 Å². The van der Waals surface area contributed by atoms with Gasteiger partial charge in [0.15, 0.2) is 5.13 Å². The number of benzene rings is 1. The van der Waals surface area contributed by atoms with Crippen molar-refractivity contribution in [2.45, 2.75) is 45.1 Å². The van der Waals surface area contributed by atoms with Crippen LogP contribution < -0.4 is 21.0 Å². The number of ether oxygens (including phenoxy) is 1. The zero-order valence-corrected chi connectivity index (χ0v) is 20.8. The first-order chi connectivity index (χ1) is 16.9. The van der Waals surface area contributed by atoms with Crippen LogP contribution in [-0.4, -0.2) is 54.5 Å². The molecule has 1 aliphatic rings. The van der Waals surface area contributed by atoms with Crippen molar-refractivity contribution in [2.24, 2.45) is 0 Å². The Kier molecular flexibility index (Phi) is 8.14. The van der Waals surface area contributed by atoms with Gasteiger partial charge in [0.05, 0.1) is 18.4 Å². The monoisotopic (exact) mass is 498 g/mol. The Morgan fingerprint density at radius 2 is 2.06 bits per heavy atom. The number of likely N-dealkylation sites (tertiary alicyclic amines) is 1. The molecule has 10 heteroatoms. The van der Waals surface area contributed by atoms with Crippen LogP contribution in [0.4, 0.5) is 5.13 Å². The van der Waals surface area contributed by atoms with Gasteiger partial charge in [0.2, 0.25) is 11.8 Å². The highest BCUT2D eigenvalue weighted by molar-refractivity contribution is 7.14. The van der Waals surface area contributed by atoms with Gasteiger partial charge in [-0.25, -0.2) is 9.78 Å². The highest BCUT2D eigenvalue weighted by atomic mass is 32.1. The van der Waals surface area contributed by atoms with Gasteiger partial charge in [0.25, 0.3) is 0 Å². The highest BCUT2D eigenvalue weighted by Gasteiger charge is 2.18. The Balaban J connectivity index is 1.27. The normalized spacial score (nSPS) is 16.2. The Morgan fingerprint density at radius 1 is 1.23 bits per heavy atom. The van der Waals surface area contributed by atoms with Crippen LogP contribution in [0.5, 0.6) is 5.75 Å². The number of fused-ring (bicyclic) bond motifs is 1. The highest BCUT2D eigenvalue weighted by Crippen LogP contribution is 2.27. The van der Waals surface area contributed by atoms with E-state index in [0.717, 1.165) is 18.5 Å². The van der Waals surface area contributed by atoms with E-state index in [1.807, 2.05) is 0 Å². The molecule has 0 saturated carbocycles. The van der Waals surface area contributed by atoms with Gasteiger partial charge in [-0.15, -0.1) is 11.3 Å². The van der Waals surface area contributed by atoms with Gasteiger partial charge < -0.3 is 19.8 Å². The first-order valence-corrected chi connectivity index (χ1v) is 12.7. The largest absolute Gasteiger partial charge is 0.497 e. The average Bonchev–Trinajstić information content (AvgIpc) is 3.31. The van der Waals surface area contributed by atoms with Gasteiger partial charge in [-0.3, -0.25) is 14.5 Å². The van der Waals surface area contributed by atoms with E-state index in [9.17, 15) is 14.4 Å². The third-order valence-corrected chi connectivity index (χ3v) is 6.97. The maximum atomic E-state index is 12.5. The smallest absolute Gasteiger partial charge is 0.345 e. The minimum atomic E-state index is -0.524. The Hall–Kier alpha value is -3.24. The van der Waals surface area contributed by atoms with E-state index in [4.69, 9.17) is 9.15 Å². The summed E-state index contributed by atoms with van der Waals surface area (Å²) in [6.45, 7) is 4.71. The Morgan fingerprint density at radius 3 is 2.86 bits per heavy atom. The molecule has 4 rings (SSSR count). The molecule has 3 heterocycles. The number of carbonyl (C=O) groups is 2. The summed E-state index contributed by atoms with van der Waals surface area (Å²) in [6, 6.07) is 7.49. The summed E-state index contributed by atoms with van der Waals surface area (Å²) in [7, 11) is 1.54. The number of nitrogens with zero attached hydrogens (tertiary/aromatic N) is 2. The van der Waals surface area contributed by atoms with Crippen LogP contribution in [0.15, 0.2) is 38.9 Å². The van der Waals surface area contributed by atoms with Crippen molar-refractivity contribution in [3.05, 3.63) is 40.1 Å². The van der Waals surface area contributed by atoms with Crippen molar-refractivity contribution in [1.29, 1.82) is 0 Å². The van der Waals surface area contributed by atoms with E-state index in [1.165, 1.54) is 30.6 Å². The van der Waals surface area contributed by atoms with Crippen molar-refractivity contribution >= 4 is 39.3 Å². The predicted octanol–water partition coefficient (Wildman–Crippen LogP) is 3.63. The number of carbonyl (C=O) groups excluding carboxylic acids is 2. The third kappa shape index (κ3) is 6.46. The standard InChI is InChI=1S/C25H30N4O5S/c1-16-5-3-4-11-29(16)12-10-26-22(30)8-9-23(31)28-25-27-20(15-35-25)19-13-17-6-7-18(33-2)14-21(17)34-24(19)32/h6-7,13-16H,3-5,8-12H2,1-2H3,(H,26,30)(H,27,28,31). The maximum Gasteiger partial charge on any atom is 0.345 e. The Labute approximate surface area is 207 Å². The van der Waals surface area contributed by atoms with Gasteiger partial charge in [-0.05, 0) is 44.5 Å². The molecule has 0 spiro atoms. The van der Waals surface area contributed by atoms with Gasteiger partial charge in [0, 0.05) is 48.8 Å². The van der Waals surface area contributed by atoms with E-state index < -0.39 is 5.63 Å². The van der Waals surface area contributed by atoms with Crippen LogP contribution in [-0.2, 0) is 9.59 Å². The molecule has 2 aromatic heterocycles. The van der Waals surface area contributed by atoms with E-state index in [2.05, 4.69) is 27.4 Å². The zero-order valence-electron chi connectivity index (χ0n) is 20.0. The molecule has 9 nitrogen and oxygen atoms in total. The number of hydrogen-bond acceptors (Lipinski definition) is 8. The molecule has 2 N–H and O–H groups in total. The first kappa shape index (κ1) is 24.9. The van der Waals surface area contributed by atoms with Crippen LogP contribution in [0.25, 0.3) is 22.2 Å². The number of amides is 2. The lowest BCUT2D eigenvalue weighted by Gasteiger charge is -2.33. The SMILES string of the molecule is COc1ccc2cc(-c3csc(NC(=O)CCC(=O)NCCN4CCCCC4C)n3)c(=O)oc2c1. The second kappa shape index (κ2) is 11.5. The molecule has 1 saturated heterocycles. The third-order valence-electron chi connectivity index (χ3n) is 6.21. The van der Waals surface area contributed by atoms with Crippen molar-refractivity contribution < 1.29 is 18.7 Å². The molecule has 1 aliphatic heterocycles. The van der Waals surface area contributed by atoms with Crippen LogP contribution in [0.1, 0.15) is 39.0 Å². The molecular formula is C25H30N4O5S. The van der Waals surface area contributed by atoms with Gasteiger partial charge in [-0.1, -0.05) is 6.42 Å². The van der Waals surface area contributed by atoms with Crippen LogP contribution in [0.3, 0.4) is 0 Å². The number of nitrogens with one attached hydrogen (secondary N) is 2. The fourth-order valence-corrected chi connectivity index (χ4v) is 4.90. The summed E-state index contributed by atoms with van der Waals surface area (Å²) in [5.74, 6) is 0.149. The number of aromatic nitrogens is 1. The van der Waals surface area contributed by atoms with E-state index in [1.54, 1.807) is 36.8 Å². The molecule has 3 aromatic rings. The molecule has 1 unspecified atom stereocenters. The van der Waals surface area contributed by atoms with Crippen molar-refractivity contribution in [2.75, 3.05) is 32.1 Å². The summed E-state index contributed by atoms with van der Waals surface area (Å²) >= 11 is 1.21. The summed E-state index contributed by atoms with van der Waals surface area (Å²) in [6.07, 6.45) is 3.84. The fourth-order valence-electron chi connectivity index (χ4n) is 4.18. The van der Waals surface area contributed by atoms with Crippen LogP contribution >= 0.6 is 11.3 Å². The number of methoxy groups -OCH3 is 1. The topological polar surface area (TPSA) is 114 Å². The summed E-state index contributed by atoms with van der Waals surface area (Å²) in [5.41, 5.74) is 0.624. The van der Waals surface area contributed by atoms with Crippen LogP contribution in [0, 0.1) is 0 Å². The summed E-state index contributed by atoms with van der Waals surface area (Å²) in [5, 5.41) is 8.38. The molecule has 1 fully saturated rings. The second-order valence-electron chi connectivity index (χ2n) is 8.67. The minimum absolute atomic E-state index is 0.0564. The quantitative estimate of drug-likeness (QED) is 0.433. The zero-order chi connectivity index (χ0) is 24.8. The van der Waals surface area contributed by atoms with Gasteiger partial charge in [0.1, 0.15) is 11.3 Å². The number of anilines is 1. The van der Waals surface area contributed by atoms with Gasteiger partial charge in [-0.2, -0.15) is 0 Å². The number of thiazole rings is 1. The average molecular weight is 499 g/mol. The maximum absolute atomic E-state index is 12.5. The molecule has 0 radical (unpaired) electrons. The summed E-state index contributed by atoms with van der Waals surface area (Å²) < 4.78 is 10.6. The van der Waals surface area contributed by atoms with Gasteiger partial charge >= 0.3 is 5.63 Å². The van der Waals surface area contributed by atoms with Crippen molar-refractivity contribution in [3.63, 3.8) is 0 Å². The molecule has 2 amide bonds. The number of piperidine rings is 1. The fraction of sp³-hybridized carbons (Fsp3) is 0.440. The van der Waals surface area contributed by atoms with Crippen molar-refractivity contribution in [3.8, 4) is 17.0 Å². The molecular weight excluding hydrogens is 468 g/mol. The predicted molar refractivity (Wildman–Crippen MR) is 136 cm³/mol. The molecule has 186 valence electrons. The molecule has 0 aliphatic carbocycles. The molecule has 1 aromatic carbocycles. The molecule has 0 bridgehead atoms. The number of rotatable bonds is 9. The van der Waals surface area contributed by atoms with E-state index in [-0.39, 0.29) is 24.7 Å². The minimum Gasteiger partial charge on any atom is -0.497 e. The molecule has 1 atom stereocenters. The van der Waals surface area contributed by atoms with E-state index in [0.29, 0.717) is 40.3 Å². The van der Waals surface area contributed by atoms with E-state index >= 15 is 0 Å². The molecule has 35 heavy (non-hydrogen) atoms. The summed E-state index contributed by atoms with van der Waals surface area (Å²) in [4.78, 5) is 43.6. The Bertz CT molecular complexity index is 1250. The lowest BCUT2D eigenvalue weighted by atomic mass is 10.0. The first-order valence-electron chi connectivity index (χ1n) is 11.8. The lowest BCUT2D eigenvalue weighted by Crippen LogP contribution is -2.42.